The summed E-state index contributed by atoms with van der Waals surface area (Å²) in [6.45, 7) is 4.48. The highest BCUT2D eigenvalue weighted by Gasteiger charge is 2.22. The van der Waals surface area contributed by atoms with E-state index in [1.807, 2.05) is 44.2 Å². The van der Waals surface area contributed by atoms with Gasteiger partial charge in [-0.3, -0.25) is 4.79 Å². The molecule has 0 aliphatic heterocycles. The molecule has 118 valence electrons. The van der Waals surface area contributed by atoms with E-state index in [1.54, 1.807) is 11.1 Å². The van der Waals surface area contributed by atoms with Gasteiger partial charge < -0.3 is 9.88 Å². The van der Waals surface area contributed by atoms with Crippen molar-refractivity contribution < 1.29 is 4.79 Å². The minimum Gasteiger partial charge on any atom is -0.330 e. The van der Waals surface area contributed by atoms with Crippen LogP contribution < -0.4 is 4.90 Å². The fraction of sp³-hybridized carbons (Fsp3) is 0.250. The second-order valence-corrected chi connectivity index (χ2v) is 6.31. The molecule has 6 nitrogen and oxygen atoms in total. The number of nitrogens with one attached hydrogen (secondary N) is 1. The molecule has 3 aromatic rings. The predicted octanol–water partition coefficient (Wildman–Crippen LogP) is 2.89. The number of H-pyrrole nitrogens is 1. The van der Waals surface area contributed by atoms with Crippen molar-refractivity contribution >= 4 is 34.5 Å². The highest BCUT2D eigenvalue weighted by Crippen LogP contribution is 2.25. The van der Waals surface area contributed by atoms with Crippen molar-refractivity contribution in [1.82, 2.24) is 19.9 Å². The van der Waals surface area contributed by atoms with Gasteiger partial charge in [-0.25, -0.2) is 15.0 Å². The molecule has 1 amide bonds. The van der Waals surface area contributed by atoms with Crippen molar-refractivity contribution in [2.24, 2.45) is 0 Å². The van der Waals surface area contributed by atoms with E-state index < -0.39 is 0 Å². The SMILES string of the molecule is CCN(C(=O)C(C)Sc1nc2ncncc2[nH]1)c1ccccc1. The Balaban J connectivity index is 1.76. The van der Waals surface area contributed by atoms with Crippen LogP contribution in [0.5, 0.6) is 0 Å². The Morgan fingerprint density at radius 3 is 2.83 bits per heavy atom. The van der Waals surface area contributed by atoms with Crippen LogP contribution in [0.3, 0.4) is 0 Å². The summed E-state index contributed by atoms with van der Waals surface area (Å²) < 4.78 is 0. The number of hydrogen-bond donors (Lipinski definition) is 1. The molecule has 1 N–H and O–H groups in total. The smallest absolute Gasteiger partial charge is 0.240 e. The average molecular weight is 327 g/mol. The van der Waals surface area contributed by atoms with Crippen LogP contribution in [0.1, 0.15) is 13.8 Å². The number of thioether (sulfide) groups is 1. The van der Waals surface area contributed by atoms with E-state index in [4.69, 9.17) is 0 Å². The molecule has 7 heteroatoms. The third-order valence-corrected chi connectivity index (χ3v) is 4.40. The largest absolute Gasteiger partial charge is 0.330 e. The molecule has 0 spiro atoms. The number of carbonyl (C=O) groups excluding carboxylic acids is 1. The van der Waals surface area contributed by atoms with E-state index in [0.29, 0.717) is 17.3 Å². The second-order valence-electron chi connectivity index (χ2n) is 4.98. The molecule has 23 heavy (non-hydrogen) atoms. The van der Waals surface area contributed by atoms with Gasteiger partial charge in [0.25, 0.3) is 0 Å². The number of rotatable bonds is 5. The van der Waals surface area contributed by atoms with Crippen LogP contribution in [-0.2, 0) is 4.79 Å². The van der Waals surface area contributed by atoms with Gasteiger partial charge in [0.1, 0.15) is 11.8 Å². The minimum atomic E-state index is -0.260. The van der Waals surface area contributed by atoms with Gasteiger partial charge in [-0.2, -0.15) is 0 Å². The Morgan fingerprint density at radius 1 is 1.35 bits per heavy atom. The van der Waals surface area contributed by atoms with E-state index in [-0.39, 0.29) is 11.2 Å². The molecule has 1 atom stereocenters. The highest BCUT2D eigenvalue weighted by molar-refractivity contribution is 8.00. The summed E-state index contributed by atoms with van der Waals surface area (Å²) in [6.07, 6.45) is 3.13. The van der Waals surface area contributed by atoms with Crippen molar-refractivity contribution in [2.75, 3.05) is 11.4 Å². The standard InChI is InChI=1S/C16H17N5OS/c1-3-21(12-7-5-4-6-8-12)15(22)11(2)23-16-19-13-9-17-10-18-14(13)20-16/h4-11H,3H2,1-2H3,(H,17,18,19,20). The molecule has 0 aliphatic carbocycles. The fourth-order valence-corrected chi connectivity index (χ4v) is 3.18. The number of hydrogen-bond acceptors (Lipinski definition) is 5. The van der Waals surface area contributed by atoms with Gasteiger partial charge in [0.05, 0.1) is 11.4 Å². The number of fused-ring (bicyclic) bond motifs is 1. The third kappa shape index (κ3) is 3.34. The predicted molar refractivity (Wildman–Crippen MR) is 91.5 cm³/mol. The summed E-state index contributed by atoms with van der Waals surface area (Å²) in [6, 6.07) is 9.68. The number of amides is 1. The number of imidazole rings is 1. The maximum absolute atomic E-state index is 12.7. The monoisotopic (exact) mass is 327 g/mol. The summed E-state index contributed by atoms with van der Waals surface area (Å²) in [4.78, 5) is 30.1. The summed E-state index contributed by atoms with van der Waals surface area (Å²) in [7, 11) is 0. The van der Waals surface area contributed by atoms with E-state index >= 15 is 0 Å². The lowest BCUT2D eigenvalue weighted by molar-refractivity contribution is -0.117. The maximum Gasteiger partial charge on any atom is 0.240 e. The van der Waals surface area contributed by atoms with Crippen LogP contribution in [-0.4, -0.2) is 37.6 Å². The molecule has 1 unspecified atom stereocenters. The van der Waals surface area contributed by atoms with Gasteiger partial charge in [-0.1, -0.05) is 30.0 Å². The lowest BCUT2D eigenvalue weighted by atomic mass is 10.2. The molecular formula is C16H17N5OS. The summed E-state index contributed by atoms with van der Waals surface area (Å²) in [5.74, 6) is 0.0511. The summed E-state index contributed by atoms with van der Waals surface area (Å²) in [5.41, 5.74) is 2.28. The van der Waals surface area contributed by atoms with E-state index in [1.165, 1.54) is 18.1 Å². The molecule has 0 fully saturated rings. The van der Waals surface area contributed by atoms with Crippen molar-refractivity contribution in [3.8, 4) is 0 Å². The minimum absolute atomic E-state index is 0.0511. The molecule has 0 saturated carbocycles. The van der Waals surface area contributed by atoms with Gasteiger partial charge in [-0.05, 0) is 26.0 Å². The lowest BCUT2D eigenvalue weighted by Crippen LogP contribution is -2.36. The first kappa shape index (κ1) is 15.5. The van der Waals surface area contributed by atoms with E-state index in [9.17, 15) is 4.79 Å². The topological polar surface area (TPSA) is 74.8 Å². The number of nitrogens with zero attached hydrogens (tertiary/aromatic N) is 4. The third-order valence-electron chi connectivity index (χ3n) is 3.43. The van der Waals surface area contributed by atoms with Crippen molar-refractivity contribution in [1.29, 1.82) is 0 Å². The van der Waals surface area contributed by atoms with Crippen LogP contribution in [0.4, 0.5) is 5.69 Å². The number of para-hydroxylation sites is 1. The van der Waals surface area contributed by atoms with Crippen LogP contribution in [0.15, 0.2) is 48.0 Å². The Morgan fingerprint density at radius 2 is 2.13 bits per heavy atom. The zero-order valence-electron chi connectivity index (χ0n) is 12.9. The number of benzene rings is 1. The molecular weight excluding hydrogens is 310 g/mol. The summed E-state index contributed by atoms with van der Waals surface area (Å²) >= 11 is 1.39. The molecule has 0 bridgehead atoms. The number of carbonyl (C=O) groups is 1. The van der Waals surface area contributed by atoms with Crippen LogP contribution in [0, 0.1) is 0 Å². The second kappa shape index (κ2) is 6.78. The Labute approximate surface area is 138 Å². The van der Waals surface area contributed by atoms with Crippen LogP contribution in [0.2, 0.25) is 0 Å². The van der Waals surface area contributed by atoms with Gasteiger partial charge in [0.2, 0.25) is 5.91 Å². The first-order valence-corrected chi connectivity index (χ1v) is 8.25. The Kier molecular flexibility index (Phi) is 4.57. The molecule has 0 aliphatic rings. The van der Waals surface area contributed by atoms with Crippen molar-refractivity contribution in [2.45, 2.75) is 24.3 Å². The van der Waals surface area contributed by atoms with Gasteiger partial charge >= 0.3 is 0 Å². The van der Waals surface area contributed by atoms with E-state index in [0.717, 1.165) is 11.2 Å². The molecule has 1 aromatic carbocycles. The quantitative estimate of drug-likeness (QED) is 0.729. The normalized spacial score (nSPS) is 12.3. The fourth-order valence-electron chi connectivity index (χ4n) is 2.31. The molecule has 2 aromatic heterocycles. The molecule has 0 radical (unpaired) electrons. The Hall–Kier alpha value is -2.41. The first-order chi connectivity index (χ1) is 11.2. The number of anilines is 1. The summed E-state index contributed by atoms with van der Waals surface area (Å²) in [5, 5.41) is 0.411. The number of aromatic amines is 1. The molecule has 2 heterocycles. The lowest BCUT2D eigenvalue weighted by Gasteiger charge is -2.23. The molecule has 3 rings (SSSR count). The zero-order valence-corrected chi connectivity index (χ0v) is 13.7. The van der Waals surface area contributed by atoms with Crippen LogP contribution in [0.25, 0.3) is 11.2 Å². The molecule has 0 saturated heterocycles. The average Bonchev–Trinajstić information content (AvgIpc) is 2.98. The Bertz CT molecular complexity index is 771. The maximum atomic E-state index is 12.7. The highest BCUT2D eigenvalue weighted by atomic mass is 32.2. The van der Waals surface area contributed by atoms with Gasteiger partial charge in [-0.15, -0.1) is 0 Å². The van der Waals surface area contributed by atoms with Gasteiger partial charge in [0.15, 0.2) is 10.8 Å². The first-order valence-electron chi connectivity index (χ1n) is 7.38. The van der Waals surface area contributed by atoms with E-state index in [2.05, 4.69) is 19.9 Å². The number of aromatic nitrogens is 4. The zero-order chi connectivity index (χ0) is 16.2. The van der Waals surface area contributed by atoms with Crippen LogP contribution >= 0.6 is 11.8 Å². The van der Waals surface area contributed by atoms with Gasteiger partial charge in [0, 0.05) is 12.2 Å². The van der Waals surface area contributed by atoms with Crippen molar-refractivity contribution in [3.63, 3.8) is 0 Å². The van der Waals surface area contributed by atoms with Crippen molar-refractivity contribution in [3.05, 3.63) is 42.9 Å².